The maximum atomic E-state index is 12.6. The van der Waals surface area contributed by atoms with Gasteiger partial charge in [-0.2, -0.15) is 0 Å². The highest BCUT2D eigenvalue weighted by Crippen LogP contribution is 2.38. The third-order valence-electron chi connectivity index (χ3n) is 4.30. The summed E-state index contributed by atoms with van der Waals surface area (Å²) >= 11 is 7.13. The summed E-state index contributed by atoms with van der Waals surface area (Å²) in [4.78, 5) is 39.4. The van der Waals surface area contributed by atoms with Crippen LogP contribution in [0.25, 0.3) is 0 Å². The zero-order valence-corrected chi connectivity index (χ0v) is 17.0. The van der Waals surface area contributed by atoms with E-state index >= 15 is 0 Å². The normalized spacial score (nSPS) is 12.9. The number of methoxy groups -OCH3 is 1. The Labute approximate surface area is 171 Å². The van der Waals surface area contributed by atoms with E-state index in [1.165, 1.54) is 18.4 Å². The lowest BCUT2D eigenvalue weighted by Crippen LogP contribution is -2.35. The molecular formula is C19H19ClN2O5S. The number of nitrogens with zero attached hydrogens (tertiary/aromatic N) is 1. The standard InChI is InChI=1S/C19H19ClN2O5S/c1-3-27-18(24)15-13-8-9-22(19(25)26-2)10-14(13)28-17(15)21-16(23)11-4-6-12(20)7-5-11/h4-7H,3,8-10H2,1-2H3,(H,21,23). The molecule has 1 N–H and O–H groups in total. The molecule has 1 aromatic carbocycles. The third kappa shape index (κ3) is 4.13. The van der Waals surface area contributed by atoms with E-state index in [2.05, 4.69) is 5.32 Å². The molecule has 1 aromatic heterocycles. The monoisotopic (exact) mass is 422 g/mol. The van der Waals surface area contributed by atoms with Crippen LogP contribution in [0.3, 0.4) is 0 Å². The SMILES string of the molecule is CCOC(=O)c1c(NC(=O)c2ccc(Cl)cc2)sc2c1CCN(C(=O)OC)C2. The Kier molecular flexibility index (Phi) is 6.21. The fraction of sp³-hybridized carbons (Fsp3) is 0.316. The quantitative estimate of drug-likeness (QED) is 0.754. The van der Waals surface area contributed by atoms with Crippen LogP contribution in [0.15, 0.2) is 24.3 Å². The molecule has 7 nitrogen and oxygen atoms in total. The molecule has 3 rings (SSSR count). The zero-order valence-electron chi connectivity index (χ0n) is 15.4. The van der Waals surface area contributed by atoms with Gasteiger partial charge in [-0.1, -0.05) is 11.6 Å². The van der Waals surface area contributed by atoms with Gasteiger partial charge in [-0.05, 0) is 43.2 Å². The van der Waals surface area contributed by atoms with Crippen LogP contribution >= 0.6 is 22.9 Å². The number of amides is 2. The number of carbonyl (C=O) groups is 3. The summed E-state index contributed by atoms with van der Waals surface area (Å²) in [5.74, 6) is -0.844. The van der Waals surface area contributed by atoms with E-state index in [1.54, 1.807) is 36.1 Å². The lowest BCUT2D eigenvalue weighted by Gasteiger charge is -2.25. The number of ether oxygens (including phenoxy) is 2. The van der Waals surface area contributed by atoms with Crippen molar-refractivity contribution in [1.82, 2.24) is 4.90 Å². The van der Waals surface area contributed by atoms with Crippen LogP contribution in [-0.2, 0) is 22.4 Å². The fourth-order valence-corrected chi connectivity index (χ4v) is 4.34. The minimum absolute atomic E-state index is 0.225. The van der Waals surface area contributed by atoms with E-state index in [0.29, 0.717) is 40.7 Å². The van der Waals surface area contributed by atoms with Crippen LogP contribution < -0.4 is 5.32 Å². The van der Waals surface area contributed by atoms with Gasteiger partial charge in [0.25, 0.3) is 5.91 Å². The smallest absolute Gasteiger partial charge is 0.409 e. The molecule has 0 spiro atoms. The lowest BCUT2D eigenvalue weighted by atomic mass is 10.0. The largest absolute Gasteiger partial charge is 0.462 e. The number of nitrogens with one attached hydrogen (secondary N) is 1. The number of hydrogen-bond donors (Lipinski definition) is 1. The Morgan fingerprint density at radius 1 is 1.25 bits per heavy atom. The van der Waals surface area contributed by atoms with Gasteiger partial charge in [0, 0.05) is 22.0 Å². The molecule has 2 aromatic rings. The summed E-state index contributed by atoms with van der Waals surface area (Å²) in [5, 5.41) is 3.74. The summed E-state index contributed by atoms with van der Waals surface area (Å²) < 4.78 is 9.96. The Hall–Kier alpha value is -2.58. The van der Waals surface area contributed by atoms with Crippen molar-refractivity contribution >= 4 is 45.9 Å². The van der Waals surface area contributed by atoms with Gasteiger partial charge in [-0.15, -0.1) is 11.3 Å². The number of fused-ring (bicyclic) bond motifs is 1. The number of halogens is 1. The van der Waals surface area contributed by atoms with E-state index in [0.717, 1.165) is 10.4 Å². The molecule has 0 aliphatic carbocycles. The molecule has 28 heavy (non-hydrogen) atoms. The van der Waals surface area contributed by atoms with Crippen LogP contribution in [0.2, 0.25) is 5.02 Å². The average Bonchev–Trinajstić information content (AvgIpc) is 3.04. The van der Waals surface area contributed by atoms with Crippen LogP contribution in [-0.4, -0.2) is 43.1 Å². The van der Waals surface area contributed by atoms with Gasteiger partial charge < -0.3 is 19.7 Å². The molecule has 0 bridgehead atoms. The summed E-state index contributed by atoms with van der Waals surface area (Å²) in [5.41, 5.74) is 1.57. The van der Waals surface area contributed by atoms with E-state index in [4.69, 9.17) is 21.1 Å². The maximum Gasteiger partial charge on any atom is 0.409 e. The van der Waals surface area contributed by atoms with Crippen LogP contribution in [0, 0.1) is 0 Å². The van der Waals surface area contributed by atoms with Crippen LogP contribution in [0.4, 0.5) is 9.80 Å². The summed E-state index contributed by atoms with van der Waals surface area (Å²) in [6.45, 7) is 2.69. The first kappa shape index (κ1) is 20.2. The van der Waals surface area contributed by atoms with Crippen molar-refractivity contribution in [1.29, 1.82) is 0 Å². The van der Waals surface area contributed by atoms with Crippen molar-refractivity contribution in [3.05, 3.63) is 50.9 Å². The van der Waals surface area contributed by atoms with Crippen molar-refractivity contribution in [2.24, 2.45) is 0 Å². The number of esters is 1. The van der Waals surface area contributed by atoms with E-state index in [-0.39, 0.29) is 12.5 Å². The highest BCUT2D eigenvalue weighted by atomic mass is 35.5. The highest BCUT2D eigenvalue weighted by molar-refractivity contribution is 7.17. The second kappa shape index (κ2) is 8.62. The van der Waals surface area contributed by atoms with E-state index in [1.807, 2.05) is 0 Å². The summed E-state index contributed by atoms with van der Waals surface area (Å²) in [7, 11) is 1.33. The van der Waals surface area contributed by atoms with Gasteiger partial charge in [0.15, 0.2) is 0 Å². The van der Waals surface area contributed by atoms with Gasteiger partial charge in [-0.25, -0.2) is 9.59 Å². The fourth-order valence-electron chi connectivity index (χ4n) is 2.97. The molecule has 2 heterocycles. The number of hydrogen-bond acceptors (Lipinski definition) is 6. The number of thiophene rings is 1. The van der Waals surface area contributed by atoms with Crippen molar-refractivity contribution in [3.8, 4) is 0 Å². The second-order valence-corrected chi connectivity index (χ2v) is 7.57. The first-order valence-electron chi connectivity index (χ1n) is 8.66. The molecule has 1 aliphatic rings. The molecule has 0 saturated heterocycles. The minimum Gasteiger partial charge on any atom is -0.462 e. The van der Waals surface area contributed by atoms with Gasteiger partial charge in [0.1, 0.15) is 5.00 Å². The summed E-state index contributed by atoms with van der Waals surface area (Å²) in [6, 6.07) is 6.45. The maximum absolute atomic E-state index is 12.6. The summed E-state index contributed by atoms with van der Waals surface area (Å²) in [6.07, 6.45) is 0.0507. The first-order valence-corrected chi connectivity index (χ1v) is 9.85. The third-order valence-corrected chi connectivity index (χ3v) is 5.69. The van der Waals surface area contributed by atoms with Gasteiger partial charge in [-0.3, -0.25) is 4.79 Å². The van der Waals surface area contributed by atoms with Crippen molar-refractivity contribution < 1.29 is 23.9 Å². The van der Waals surface area contributed by atoms with E-state index in [9.17, 15) is 14.4 Å². The minimum atomic E-state index is -0.488. The number of anilines is 1. The van der Waals surface area contributed by atoms with Crippen molar-refractivity contribution in [2.75, 3.05) is 25.6 Å². The highest BCUT2D eigenvalue weighted by Gasteiger charge is 2.31. The topological polar surface area (TPSA) is 84.9 Å². The Morgan fingerprint density at radius 3 is 2.61 bits per heavy atom. The van der Waals surface area contributed by atoms with Crippen LogP contribution in [0.1, 0.15) is 38.1 Å². The Morgan fingerprint density at radius 2 is 1.96 bits per heavy atom. The predicted octanol–water partition coefficient (Wildman–Crippen LogP) is 3.96. The molecule has 0 saturated carbocycles. The van der Waals surface area contributed by atoms with Gasteiger partial charge in [0.05, 0.1) is 25.8 Å². The Balaban J connectivity index is 1.92. The van der Waals surface area contributed by atoms with Gasteiger partial charge >= 0.3 is 12.1 Å². The molecule has 0 fully saturated rings. The first-order chi connectivity index (χ1) is 13.4. The molecule has 0 radical (unpaired) electrons. The van der Waals surface area contributed by atoms with E-state index < -0.39 is 12.1 Å². The molecule has 9 heteroatoms. The molecule has 0 atom stereocenters. The van der Waals surface area contributed by atoms with Crippen LogP contribution in [0.5, 0.6) is 0 Å². The second-order valence-electron chi connectivity index (χ2n) is 6.03. The number of benzene rings is 1. The predicted molar refractivity (Wildman–Crippen MR) is 106 cm³/mol. The zero-order chi connectivity index (χ0) is 20.3. The van der Waals surface area contributed by atoms with Crippen molar-refractivity contribution in [2.45, 2.75) is 19.9 Å². The van der Waals surface area contributed by atoms with Crippen molar-refractivity contribution in [3.63, 3.8) is 0 Å². The Bertz CT molecular complexity index is 910. The molecule has 2 amide bonds. The average molecular weight is 423 g/mol. The molecule has 1 aliphatic heterocycles. The molecule has 148 valence electrons. The molecular weight excluding hydrogens is 404 g/mol. The van der Waals surface area contributed by atoms with Gasteiger partial charge in [0.2, 0.25) is 0 Å². The number of carbonyl (C=O) groups excluding carboxylic acids is 3. The lowest BCUT2D eigenvalue weighted by molar-refractivity contribution is 0.0526. The number of rotatable bonds is 4. The molecule has 0 unspecified atom stereocenters.